The van der Waals surface area contributed by atoms with Gasteiger partial charge in [0.15, 0.2) is 5.75 Å². The van der Waals surface area contributed by atoms with Crippen molar-refractivity contribution in [1.29, 1.82) is 0 Å². The minimum Gasteiger partial charge on any atom is -0.476 e. The maximum Gasteiger partial charge on any atom is 0.368 e. The molecule has 9 nitrogen and oxygen atoms in total. The van der Waals surface area contributed by atoms with Crippen molar-refractivity contribution in [2.75, 3.05) is 56.6 Å². The van der Waals surface area contributed by atoms with Crippen molar-refractivity contribution in [2.24, 2.45) is 5.92 Å². The van der Waals surface area contributed by atoms with Crippen LogP contribution >= 0.6 is 0 Å². The smallest absolute Gasteiger partial charge is 0.368 e. The van der Waals surface area contributed by atoms with Crippen LogP contribution in [0.25, 0.3) is 0 Å². The number of benzene rings is 1. The number of hydrogen-bond donors (Lipinski definition) is 1. The molecule has 2 aliphatic heterocycles. The predicted octanol–water partition coefficient (Wildman–Crippen LogP) is 3.26. The van der Waals surface area contributed by atoms with E-state index in [4.69, 9.17) is 9.84 Å². The Morgan fingerprint density at radius 1 is 1.16 bits per heavy atom. The number of ether oxygens (including phenoxy) is 1. The van der Waals surface area contributed by atoms with Crippen molar-refractivity contribution >= 4 is 27.4 Å². The standard InChI is InChI=1S/C26H37FN4O5S/c1-4-5-6-19-16-31(26-13-18(14-26)15-26)22-11-21(30-9-7-28(2)8-10-30)23(36-17-20(27)25(32)33)12-24(22)37(34,35)29(19)3/h11-12,17-19H,4-10,13-16H2,1-3H3,(H,32,33)/b20-17-/t18?,19-,26?/m1/s1. The second-order valence-corrected chi connectivity index (χ2v) is 13.1. The van der Waals surface area contributed by atoms with E-state index in [9.17, 15) is 17.6 Å². The number of rotatable bonds is 8. The number of fused-ring (bicyclic) bond motifs is 1. The minimum atomic E-state index is -3.88. The van der Waals surface area contributed by atoms with E-state index in [1.165, 1.54) is 10.4 Å². The van der Waals surface area contributed by atoms with Gasteiger partial charge < -0.3 is 24.5 Å². The van der Waals surface area contributed by atoms with Gasteiger partial charge >= 0.3 is 5.97 Å². The number of carboxylic acid groups (broad SMARTS) is 1. The maximum atomic E-state index is 14.0. The molecule has 3 aliphatic carbocycles. The molecule has 1 aromatic carbocycles. The summed E-state index contributed by atoms with van der Waals surface area (Å²) < 4.78 is 48.8. The third-order valence-electron chi connectivity index (χ3n) is 8.70. The van der Waals surface area contributed by atoms with E-state index in [-0.39, 0.29) is 22.2 Å². The first kappa shape index (κ1) is 26.2. The topological polar surface area (TPSA) is 93.6 Å². The molecule has 2 bridgehead atoms. The molecule has 1 saturated heterocycles. The zero-order valence-electron chi connectivity index (χ0n) is 21.8. The molecule has 6 rings (SSSR count). The number of piperazine rings is 1. The molecule has 4 fully saturated rings. The lowest BCUT2D eigenvalue weighted by atomic mass is 9.49. The van der Waals surface area contributed by atoms with Crippen LogP contribution in [0.15, 0.2) is 29.1 Å². The van der Waals surface area contributed by atoms with Crippen LogP contribution < -0.4 is 14.5 Å². The molecule has 1 aromatic rings. The summed E-state index contributed by atoms with van der Waals surface area (Å²) in [5, 5.41) is 8.97. The summed E-state index contributed by atoms with van der Waals surface area (Å²) in [6.45, 7) is 5.74. The summed E-state index contributed by atoms with van der Waals surface area (Å²) in [6, 6.07) is 3.20. The van der Waals surface area contributed by atoms with Crippen LogP contribution in [0.5, 0.6) is 5.75 Å². The van der Waals surface area contributed by atoms with Crippen molar-refractivity contribution in [1.82, 2.24) is 9.21 Å². The predicted molar refractivity (Wildman–Crippen MR) is 139 cm³/mol. The van der Waals surface area contributed by atoms with Crippen LogP contribution in [0, 0.1) is 5.92 Å². The van der Waals surface area contributed by atoms with Crippen molar-refractivity contribution < 1.29 is 27.4 Å². The Labute approximate surface area is 218 Å². The Kier molecular flexibility index (Phi) is 6.91. The Morgan fingerprint density at radius 2 is 1.84 bits per heavy atom. The van der Waals surface area contributed by atoms with E-state index in [1.54, 1.807) is 7.05 Å². The number of unbranched alkanes of at least 4 members (excludes halogenated alkanes) is 1. The van der Waals surface area contributed by atoms with Gasteiger partial charge in [0, 0.05) is 57.4 Å². The highest BCUT2D eigenvalue weighted by atomic mass is 32.2. The molecular weight excluding hydrogens is 499 g/mol. The molecule has 0 spiro atoms. The third kappa shape index (κ3) is 4.59. The van der Waals surface area contributed by atoms with Gasteiger partial charge in [0.1, 0.15) is 11.2 Å². The number of hydrogen-bond acceptors (Lipinski definition) is 7. The normalized spacial score (nSPS) is 29.7. The average Bonchev–Trinajstić information content (AvgIpc) is 2.88. The molecule has 0 amide bonds. The summed E-state index contributed by atoms with van der Waals surface area (Å²) in [7, 11) is -0.192. The third-order valence-corrected chi connectivity index (χ3v) is 10.6. The molecule has 0 aromatic heterocycles. The molecule has 11 heteroatoms. The zero-order chi connectivity index (χ0) is 26.5. The first-order valence-electron chi connectivity index (χ1n) is 13.2. The second kappa shape index (κ2) is 9.74. The van der Waals surface area contributed by atoms with Gasteiger partial charge in [-0.25, -0.2) is 13.2 Å². The molecule has 1 N–H and O–H groups in total. The number of halogens is 1. The number of aliphatic carboxylic acids is 1. The Balaban J connectivity index is 1.64. The van der Waals surface area contributed by atoms with E-state index in [1.807, 2.05) is 13.1 Å². The van der Waals surface area contributed by atoms with Gasteiger partial charge in [0.25, 0.3) is 0 Å². The van der Waals surface area contributed by atoms with Gasteiger partial charge in [0.2, 0.25) is 15.9 Å². The summed E-state index contributed by atoms with van der Waals surface area (Å²) in [6.07, 6.45) is 6.46. The van der Waals surface area contributed by atoms with E-state index < -0.39 is 21.8 Å². The molecule has 37 heavy (non-hydrogen) atoms. The van der Waals surface area contributed by atoms with Crippen LogP contribution in [0.4, 0.5) is 15.8 Å². The lowest BCUT2D eigenvalue weighted by molar-refractivity contribution is -0.134. The molecule has 204 valence electrons. The number of likely N-dealkylation sites (N-methyl/N-ethyl adjacent to an activating group) is 2. The molecule has 5 aliphatic rings. The Bertz CT molecular complexity index is 1180. The van der Waals surface area contributed by atoms with Crippen LogP contribution in [0.3, 0.4) is 0 Å². The monoisotopic (exact) mass is 536 g/mol. The van der Waals surface area contributed by atoms with Gasteiger partial charge in [-0.1, -0.05) is 19.8 Å². The second-order valence-electron chi connectivity index (χ2n) is 11.1. The number of carbonyl (C=O) groups is 1. The lowest BCUT2D eigenvalue weighted by Gasteiger charge is -2.67. The van der Waals surface area contributed by atoms with Crippen LogP contribution in [0.1, 0.15) is 45.4 Å². The van der Waals surface area contributed by atoms with Gasteiger partial charge in [-0.2, -0.15) is 8.70 Å². The van der Waals surface area contributed by atoms with Crippen LogP contribution in [-0.4, -0.2) is 87.1 Å². The maximum absolute atomic E-state index is 14.0. The summed E-state index contributed by atoms with van der Waals surface area (Å²) in [5.74, 6) is -2.33. The van der Waals surface area contributed by atoms with E-state index in [0.29, 0.717) is 37.3 Å². The van der Waals surface area contributed by atoms with Gasteiger partial charge in [-0.05, 0) is 44.7 Å². The fourth-order valence-corrected chi connectivity index (χ4v) is 7.78. The SMILES string of the molecule is CCCC[C@@H]1CN(C23CC(C2)C3)c2cc(N3CCN(C)CC3)c(O/C=C(\F)C(=O)O)cc2S(=O)(=O)N1C. The largest absolute Gasteiger partial charge is 0.476 e. The van der Waals surface area contributed by atoms with Crippen molar-refractivity contribution in [3.05, 3.63) is 24.2 Å². The molecule has 3 saturated carbocycles. The Hall–Kier alpha value is -2.37. The fourth-order valence-electron chi connectivity index (χ4n) is 6.21. The van der Waals surface area contributed by atoms with Crippen molar-refractivity contribution in [3.8, 4) is 5.75 Å². The lowest BCUT2D eigenvalue weighted by Crippen LogP contribution is -2.69. The highest BCUT2D eigenvalue weighted by Gasteiger charge is 2.61. The highest BCUT2D eigenvalue weighted by Crippen LogP contribution is 2.62. The zero-order valence-corrected chi connectivity index (χ0v) is 22.6. The van der Waals surface area contributed by atoms with Crippen molar-refractivity contribution in [3.63, 3.8) is 0 Å². The number of sulfonamides is 1. The average molecular weight is 537 g/mol. The van der Waals surface area contributed by atoms with E-state index in [0.717, 1.165) is 57.5 Å². The summed E-state index contributed by atoms with van der Waals surface area (Å²) >= 11 is 0. The van der Waals surface area contributed by atoms with E-state index in [2.05, 4.69) is 21.6 Å². The number of carboxylic acids is 1. The molecular formula is C26H37FN4O5S. The van der Waals surface area contributed by atoms with Gasteiger partial charge in [-0.3, -0.25) is 0 Å². The minimum absolute atomic E-state index is 0.0122. The summed E-state index contributed by atoms with van der Waals surface area (Å²) in [4.78, 5) is 17.8. The van der Waals surface area contributed by atoms with E-state index >= 15 is 0 Å². The first-order chi connectivity index (χ1) is 17.6. The molecule has 1 atom stereocenters. The quantitative estimate of drug-likeness (QED) is 0.400. The number of nitrogens with zero attached hydrogens (tertiary/aromatic N) is 4. The fraction of sp³-hybridized carbons (Fsp3) is 0.654. The van der Waals surface area contributed by atoms with Crippen molar-refractivity contribution in [2.45, 2.75) is 61.9 Å². The molecule has 2 heterocycles. The highest BCUT2D eigenvalue weighted by molar-refractivity contribution is 7.89. The summed E-state index contributed by atoms with van der Waals surface area (Å²) in [5.41, 5.74) is 1.32. The molecule has 0 unspecified atom stereocenters. The first-order valence-corrected chi connectivity index (χ1v) is 14.6. The van der Waals surface area contributed by atoms with Crippen LogP contribution in [0.2, 0.25) is 0 Å². The molecule has 0 radical (unpaired) electrons. The van der Waals surface area contributed by atoms with Gasteiger partial charge in [-0.15, -0.1) is 0 Å². The van der Waals surface area contributed by atoms with Crippen LogP contribution in [-0.2, 0) is 14.8 Å². The number of anilines is 2. The van der Waals surface area contributed by atoms with Gasteiger partial charge in [0.05, 0.1) is 11.4 Å². The Morgan fingerprint density at radius 3 is 2.41 bits per heavy atom.